The molecule has 1 amide bonds. The first-order valence-corrected chi connectivity index (χ1v) is 7.30. The number of piperazine rings is 1. The topological polar surface area (TPSA) is 41.6 Å². The lowest BCUT2D eigenvalue weighted by atomic mass is 10.0. The zero-order chi connectivity index (χ0) is 14.5. The molecule has 1 heterocycles. The van der Waals surface area contributed by atoms with E-state index in [9.17, 15) is 4.79 Å². The van der Waals surface area contributed by atoms with Gasteiger partial charge in [0.2, 0.25) is 0 Å². The van der Waals surface area contributed by atoms with Gasteiger partial charge in [0.05, 0.1) is 6.04 Å². The van der Waals surface area contributed by atoms with E-state index in [1.165, 1.54) is 11.1 Å². The quantitative estimate of drug-likeness (QED) is 0.926. The molecule has 1 aliphatic heterocycles. The zero-order valence-corrected chi connectivity index (χ0v) is 13.8. The summed E-state index contributed by atoms with van der Waals surface area (Å²) in [5, 5.41) is 3.37. The molecule has 4 nitrogen and oxygen atoms in total. The number of amides is 1. The molecule has 1 aromatic rings. The van der Waals surface area contributed by atoms with Gasteiger partial charge in [0.15, 0.2) is 0 Å². The highest BCUT2D eigenvalue weighted by Crippen LogP contribution is 2.23. The van der Waals surface area contributed by atoms with E-state index in [0.29, 0.717) is 0 Å². The Kier molecular flexibility index (Phi) is 7.15. The van der Waals surface area contributed by atoms with Crippen LogP contribution in [0, 0.1) is 0 Å². The smallest absolute Gasteiger partial charge is 0.251 e. The molecule has 118 valence electrons. The molecule has 1 N–H and O–H groups in total. The summed E-state index contributed by atoms with van der Waals surface area (Å²) in [4.78, 5) is 14.3. The molecule has 5 heteroatoms. The van der Waals surface area contributed by atoms with Crippen molar-refractivity contribution >= 4 is 18.3 Å². The third kappa shape index (κ3) is 4.19. The Morgan fingerprint density at radius 2 is 2.10 bits per heavy atom. The third-order valence-electron chi connectivity index (χ3n) is 4.00. The molecule has 21 heavy (non-hydrogen) atoms. The fraction of sp³-hybridized carbons (Fsp3) is 0.562. The average molecular weight is 313 g/mol. The molecule has 2 rings (SSSR count). The normalized spacial score (nSPS) is 19.8. The fourth-order valence-electron chi connectivity index (χ4n) is 2.58. The first-order chi connectivity index (χ1) is 9.67. The van der Waals surface area contributed by atoms with Gasteiger partial charge < -0.3 is 15.0 Å². The number of methoxy groups -OCH3 is 1. The second kappa shape index (κ2) is 8.37. The number of carbonyl (C=O) groups excluding carboxylic acids is 1. The summed E-state index contributed by atoms with van der Waals surface area (Å²) >= 11 is 0. The lowest BCUT2D eigenvalue weighted by Gasteiger charge is -2.37. The Bertz CT molecular complexity index is 450. The van der Waals surface area contributed by atoms with Crippen LogP contribution in [0.5, 0.6) is 0 Å². The summed E-state index contributed by atoms with van der Waals surface area (Å²) in [6.45, 7) is 6.32. The molecule has 0 spiro atoms. The van der Waals surface area contributed by atoms with Gasteiger partial charge in [-0.2, -0.15) is 0 Å². The van der Waals surface area contributed by atoms with E-state index >= 15 is 0 Å². The van der Waals surface area contributed by atoms with Gasteiger partial charge in [-0.05, 0) is 24.5 Å². The van der Waals surface area contributed by atoms with E-state index in [2.05, 4.69) is 36.5 Å². The van der Waals surface area contributed by atoms with Crippen molar-refractivity contribution in [2.75, 3.05) is 26.7 Å². The molecule has 0 bridgehead atoms. The second-order valence-electron chi connectivity index (χ2n) is 5.22. The molecule has 1 aromatic carbocycles. The van der Waals surface area contributed by atoms with E-state index in [0.717, 1.165) is 26.1 Å². The van der Waals surface area contributed by atoms with Crippen LogP contribution < -0.4 is 5.32 Å². The van der Waals surface area contributed by atoms with Crippen molar-refractivity contribution < 1.29 is 9.53 Å². The standard InChI is InChI=1S/C16H24N2O2.ClH/c1-4-13-5-7-14(8-6-13)15-11-17-9-10-18(15)16(19)12(2)20-3;/h5-8,12,15,17H,4,9-11H2,1-3H3;1H. The highest BCUT2D eigenvalue weighted by atomic mass is 35.5. The van der Waals surface area contributed by atoms with Crippen molar-refractivity contribution in [2.24, 2.45) is 0 Å². The fourth-order valence-corrected chi connectivity index (χ4v) is 2.58. The van der Waals surface area contributed by atoms with Gasteiger partial charge in [0.1, 0.15) is 6.10 Å². The summed E-state index contributed by atoms with van der Waals surface area (Å²) in [6.07, 6.45) is 0.650. The minimum Gasteiger partial charge on any atom is -0.372 e. The van der Waals surface area contributed by atoms with E-state index in [1.807, 2.05) is 11.8 Å². The van der Waals surface area contributed by atoms with E-state index < -0.39 is 0 Å². The first-order valence-electron chi connectivity index (χ1n) is 7.30. The van der Waals surface area contributed by atoms with Gasteiger partial charge in [0.25, 0.3) is 5.91 Å². The maximum absolute atomic E-state index is 12.4. The largest absolute Gasteiger partial charge is 0.372 e. The van der Waals surface area contributed by atoms with E-state index in [-0.39, 0.29) is 30.5 Å². The van der Waals surface area contributed by atoms with Crippen LogP contribution in [0.15, 0.2) is 24.3 Å². The van der Waals surface area contributed by atoms with Crippen LogP contribution in [-0.4, -0.2) is 43.7 Å². The predicted octanol–water partition coefficient (Wildman–Crippen LogP) is 2.18. The third-order valence-corrected chi connectivity index (χ3v) is 4.00. The van der Waals surface area contributed by atoms with Crippen LogP contribution in [0.1, 0.15) is 31.0 Å². The first kappa shape index (κ1) is 18.0. The number of hydrogen-bond acceptors (Lipinski definition) is 3. The summed E-state index contributed by atoms with van der Waals surface area (Å²) < 4.78 is 5.17. The SMILES string of the molecule is CCc1ccc(C2CNCCN2C(=O)C(C)OC)cc1.Cl. The number of rotatable bonds is 4. The Hall–Kier alpha value is -1.10. The Balaban J connectivity index is 0.00000220. The van der Waals surface area contributed by atoms with Gasteiger partial charge in [-0.1, -0.05) is 31.2 Å². The van der Waals surface area contributed by atoms with Crippen molar-refractivity contribution in [1.29, 1.82) is 0 Å². The van der Waals surface area contributed by atoms with Gasteiger partial charge in [0, 0.05) is 26.7 Å². The number of halogens is 1. The van der Waals surface area contributed by atoms with Gasteiger partial charge in [-0.15, -0.1) is 12.4 Å². The van der Waals surface area contributed by atoms with Crippen molar-refractivity contribution in [3.05, 3.63) is 35.4 Å². The molecule has 0 aliphatic carbocycles. The molecular weight excluding hydrogens is 288 g/mol. The van der Waals surface area contributed by atoms with Crippen molar-refractivity contribution in [1.82, 2.24) is 10.2 Å². The number of carbonyl (C=O) groups is 1. The lowest BCUT2D eigenvalue weighted by Crippen LogP contribution is -2.51. The summed E-state index contributed by atoms with van der Waals surface area (Å²) in [5.74, 6) is 0.0681. The molecule has 0 radical (unpaired) electrons. The van der Waals surface area contributed by atoms with Gasteiger partial charge in [-0.25, -0.2) is 0 Å². The minimum atomic E-state index is -0.384. The molecule has 2 unspecified atom stereocenters. The van der Waals surface area contributed by atoms with Crippen molar-refractivity contribution in [3.8, 4) is 0 Å². The van der Waals surface area contributed by atoms with Crippen LogP contribution in [-0.2, 0) is 16.0 Å². The molecule has 2 atom stereocenters. The van der Waals surface area contributed by atoms with Gasteiger partial charge >= 0.3 is 0 Å². The van der Waals surface area contributed by atoms with E-state index in [1.54, 1.807) is 7.11 Å². The summed E-state index contributed by atoms with van der Waals surface area (Å²) in [5.41, 5.74) is 2.51. The number of aryl methyl sites for hydroxylation is 1. The van der Waals surface area contributed by atoms with Crippen LogP contribution in [0.25, 0.3) is 0 Å². The molecular formula is C16H25ClN2O2. The van der Waals surface area contributed by atoms with E-state index in [4.69, 9.17) is 4.74 Å². The molecule has 0 saturated carbocycles. The maximum atomic E-state index is 12.4. The maximum Gasteiger partial charge on any atom is 0.251 e. The molecule has 0 aromatic heterocycles. The highest BCUT2D eigenvalue weighted by molar-refractivity contribution is 5.85. The molecule has 1 aliphatic rings. The van der Waals surface area contributed by atoms with Gasteiger partial charge in [-0.3, -0.25) is 4.79 Å². The Labute approximate surface area is 133 Å². The van der Waals surface area contributed by atoms with Crippen LogP contribution in [0.3, 0.4) is 0 Å². The van der Waals surface area contributed by atoms with Crippen molar-refractivity contribution in [2.45, 2.75) is 32.4 Å². The Morgan fingerprint density at radius 1 is 1.43 bits per heavy atom. The molecule has 1 saturated heterocycles. The zero-order valence-electron chi connectivity index (χ0n) is 13.0. The average Bonchev–Trinajstić information content (AvgIpc) is 2.53. The number of hydrogen-bond donors (Lipinski definition) is 1. The second-order valence-corrected chi connectivity index (χ2v) is 5.22. The Morgan fingerprint density at radius 3 is 2.67 bits per heavy atom. The number of nitrogens with zero attached hydrogens (tertiary/aromatic N) is 1. The lowest BCUT2D eigenvalue weighted by molar-refractivity contribution is -0.144. The summed E-state index contributed by atoms with van der Waals surface area (Å²) in [6, 6.07) is 8.65. The number of ether oxygens (including phenoxy) is 1. The van der Waals surface area contributed by atoms with Crippen LogP contribution in [0.2, 0.25) is 0 Å². The van der Waals surface area contributed by atoms with Crippen LogP contribution >= 0.6 is 12.4 Å². The summed E-state index contributed by atoms with van der Waals surface area (Å²) in [7, 11) is 1.58. The predicted molar refractivity (Wildman–Crippen MR) is 86.9 cm³/mol. The van der Waals surface area contributed by atoms with Crippen molar-refractivity contribution in [3.63, 3.8) is 0 Å². The molecule has 1 fully saturated rings. The van der Waals surface area contributed by atoms with Crippen LogP contribution in [0.4, 0.5) is 0 Å². The monoisotopic (exact) mass is 312 g/mol. The minimum absolute atomic E-state index is 0. The number of benzene rings is 1. The highest BCUT2D eigenvalue weighted by Gasteiger charge is 2.30. The number of nitrogens with one attached hydrogen (secondary N) is 1.